The smallest absolute Gasteiger partial charge is 0.103 e. The lowest BCUT2D eigenvalue weighted by atomic mass is 9.94. The average molecular weight is 214 g/mol. The number of benzene rings is 1. The second-order valence-corrected chi connectivity index (χ2v) is 4.30. The quantitative estimate of drug-likeness (QED) is 0.531. The van der Waals surface area contributed by atoms with Crippen molar-refractivity contribution in [2.75, 3.05) is 0 Å². The highest BCUT2D eigenvalue weighted by molar-refractivity contribution is 6.06. The Morgan fingerprint density at radius 1 is 1.25 bits per heavy atom. The summed E-state index contributed by atoms with van der Waals surface area (Å²) in [4.78, 5) is 0. The van der Waals surface area contributed by atoms with Crippen molar-refractivity contribution in [2.24, 2.45) is 12.2 Å². The molecule has 0 saturated carbocycles. The summed E-state index contributed by atoms with van der Waals surface area (Å²) >= 11 is 0. The van der Waals surface area contributed by atoms with Crippen LogP contribution in [0.1, 0.15) is 24.1 Å². The third kappa shape index (κ3) is 1.11. The molecule has 0 atom stereocenters. The zero-order valence-electron chi connectivity index (χ0n) is 9.27. The molecule has 1 aromatic carbocycles. The molecule has 1 aliphatic rings. The molecule has 0 fully saturated rings. The van der Waals surface area contributed by atoms with Crippen LogP contribution in [-0.2, 0) is 13.5 Å². The molecule has 82 valence electrons. The van der Waals surface area contributed by atoms with Gasteiger partial charge in [-0.05, 0) is 30.9 Å². The number of aryl methyl sites for hydroxylation is 2. The fraction of sp³-hybridized carbons (Fsp3) is 0.308. The summed E-state index contributed by atoms with van der Waals surface area (Å²) in [5.41, 5.74) is 4.47. The molecule has 3 rings (SSSR count). The zero-order valence-corrected chi connectivity index (χ0v) is 9.27. The van der Waals surface area contributed by atoms with Gasteiger partial charge in [0, 0.05) is 18.0 Å². The Hall–Kier alpha value is -1.77. The highest BCUT2D eigenvalue weighted by Gasteiger charge is 2.22. The third-order valence-corrected chi connectivity index (χ3v) is 3.45. The molecule has 1 heterocycles. The number of rotatable bonds is 0. The fourth-order valence-corrected chi connectivity index (χ4v) is 2.74. The number of hydrogen-bond donors (Lipinski definition) is 1. The lowest BCUT2D eigenvalue weighted by Gasteiger charge is -2.14. The summed E-state index contributed by atoms with van der Waals surface area (Å²) in [6.07, 6.45) is 3.02. The number of hydrogen-bond acceptors (Lipinski definition) is 2. The highest BCUT2D eigenvalue weighted by Crippen LogP contribution is 2.31. The Balaban J connectivity index is 2.42. The second-order valence-electron chi connectivity index (χ2n) is 4.30. The molecule has 0 spiro atoms. The van der Waals surface area contributed by atoms with E-state index in [1.807, 2.05) is 13.1 Å². The van der Waals surface area contributed by atoms with Crippen LogP contribution in [0.5, 0.6) is 0 Å². The molecule has 0 bridgehead atoms. The first-order valence-corrected chi connectivity index (χ1v) is 5.60. The van der Waals surface area contributed by atoms with Crippen molar-refractivity contribution in [1.82, 2.24) is 4.57 Å². The van der Waals surface area contributed by atoms with Gasteiger partial charge in [0.1, 0.15) is 5.71 Å². The minimum atomic E-state index is 0.819. The van der Waals surface area contributed by atoms with E-state index in [9.17, 15) is 0 Å². The van der Waals surface area contributed by atoms with Crippen molar-refractivity contribution in [2.45, 2.75) is 19.3 Å². The lowest BCUT2D eigenvalue weighted by molar-refractivity contribution is 0.317. The van der Waals surface area contributed by atoms with Crippen molar-refractivity contribution in [1.29, 1.82) is 0 Å². The van der Waals surface area contributed by atoms with Crippen molar-refractivity contribution in [3.8, 4) is 0 Å². The van der Waals surface area contributed by atoms with Crippen LogP contribution >= 0.6 is 0 Å². The summed E-state index contributed by atoms with van der Waals surface area (Å²) < 4.78 is 2.14. The summed E-state index contributed by atoms with van der Waals surface area (Å²) in [5.74, 6) is 0. The number of nitrogens with zero attached hydrogens (tertiary/aromatic N) is 2. The third-order valence-electron chi connectivity index (χ3n) is 3.45. The van der Waals surface area contributed by atoms with Gasteiger partial charge >= 0.3 is 0 Å². The predicted molar refractivity (Wildman–Crippen MR) is 64.2 cm³/mol. The molecule has 1 N–H and O–H groups in total. The van der Waals surface area contributed by atoms with Gasteiger partial charge in [0.2, 0.25) is 0 Å². The SMILES string of the molecule is Cn1c2c(c3ccccc31)CCC/C2=N/O. The zero-order chi connectivity index (χ0) is 11.1. The van der Waals surface area contributed by atoms with Crippen molar-refractivity contribution in [3.05, 3.63) is 35.5 Å². The fourth-order valence-electron chi connectivity index (χ4n) is 2.74. The topological polar surface area (TPSA) is 37.5 Å². The van der Waals surface area contributed by atoms with E-state index >= 15 is 0 Å². The summed E-state index contributed by atoms with van der Waals surface area (Å²) in [6, 6.07) is 8.37. The van der Waals surface area contributed by atoms with E-state index in [0.29, 0.717) is 0 Å². The monoisotopic (exact) mass is 214 g/mol. The van der Waals surface area contributed by atoms with Gasteiger partial charge in [0.05, 0.1) is 5.69 Å². The highest BCUT2D eigenvalue weighted by atomic mass is 16.4. The first kappa shape index (κ1) is 9.46. The van der Waals surface area contributed by atoms with Crippen LogP contribution in [-0.4, -0.2) is 15.5 Å². The van der Waals surface area contributed by atoms with E-state index in [2.05, 4.69) is 27.9 Å². The van der Waals surface area contributed by atoms with Crippen LogP contribution in [0.3, 0.4) is 0 Å². The van der Waals surface area contributed by atoms with Crippen LogP contribution < -0.4 is 0 Å². The second kappa shape index (κ2) is 3.37. The summed E-state index contributed by atoms with van der Waals surface area (Å²) in [6.45, 7) is 0. The maximum absolute atomic E-state index is 9.06. The van der Waals surface area contributed by atoms with Crippen molar-refractivity contribution in [3.63, 3.8) is 0 Å². The molecule has 0 aliphatic heterocycles. The Kier molecular flexibility index (Phi) is 1.99. The van der Waals surface area contributed by atoms with Crippen LogP contribution in [0.25, 0.3) is 10.9 Å². The number of fused-ring (bicyclic) bond motifs is 3. The Morgan fingerprint density at radius 2 is 2.06 bits per heavy atom. The van der Waals surface area contributed by atoms with Gasteiger partial charge < -0.3 is 9.77 Å². The van der Waals surface area contributed by atoms with Gasteiger partial charge in [-0.25, -0.2) is 0 Å². The van der Waals surface area contributed by atoms with Crippen LogP contribution in [0.15, 0.2) is 29.4 Å². The minimum absolute atomic E-state index is 0.819. The first-order chi connectivity index (χ1) is 7.83. The van der Waals surface area contributed by atoms with E-state index in [1.165, 1.54) is 16.5 Å². The Labute approximate surface area is 94.0 Å². The van der Waals surface area contributed by atoms with Gasteiger partial charge in [-0.1, -0.05) is 23.4 Å². The van der Waals surface area contributed by atoms with Crippen LogP contribution in [0.2, 0.25) is 0 Å². The Bertz CT molecular complexity index is 581. The standard InChI is InChI=1S/C13H14N2O/c1-15-12-8-3-2-5-9(12)10-6-4-7-11(14-16)13(10)15/h2-3,5,8,16H,4,6-7H2,1H3/b14-11-. The number of para-hydroxylation sites is 1. The van der Waals surface area contributed by atoms with Crippen LogP contribution in [0, 0.1) is 0 Å². The van der Waals surface area contributed by atoms with Gasteiger partial charge in [-0.2, -0.15) is 0 Å². The lowest BCUT2D eigenvalue weighted by Crippen LogP contribution is -2.14. The van der Waals surface area contributed by atoms with E-state index in [1.54, 1.807) is 0 Å². The summed E-state index contributed by atoms with van der Waals surface area (Å²) in [7, 11) is 2.04. The molecule has 3 nitrogen and oxygen atoms in total. The molecule has 0 saturated heterocycles. The molecule has 1 aromatic heterocycles. The molecule has 2 aromatic rings. The molecular weight excluding hydrogens is 200 g/mol. The number of oxime groups is 1. The van der Waals surface area contributed by atoms with Gasteiger partial charge in [0.25, 0.3) is 0 Å². The molecule has 16 heavy (non-hydrogen) atoms. The maximum Gasteiger partial charge on any atom is 0.103 e. The van der Waals surface area contributed by atoms with Gasteiger partial charge in [-0.3, -0.25) is 0 Å². The summed E-state index contributed by atoms with van der Waals surface area (Å²) in [5, 5.41) is 13.8. The predicted octanol–water partition coefficient (Wildman–Crippen LogP) is 2.69. The average Bonchev–Trinajstić information content (AvgIpc) is 2.64. The molecular formula is C13H14N2O. The molecule has 0 amide bonds. The minimum Gasteiger partial charge on any atom is -0.411 e. The number of aromatic nitrogens is 1. The van der Waals surface area contributed by atoms with Crippen molar-refractivity contribution >= 4 is 16.6 Å². The molecule has 3 heteroatoms. The first-order valence-electron chi connectivity index (χ1n) is 5.60. The normalized spacial score (nSPS) is 17.9. The molecule has 0 unspecified atom stereocenters. The van der Waals surface area contributed by atoms with E-state index in [4.69, 9.17) is 5.21 Å². The van der Waals surface area contributed by atoms with Gasteiger partial charge in [0.15, 0.2) is 0 Å². The van der Waals surface area contributed by atoms with E-state index in [0.717, 1.165) is 30.7 Å². The van der Waals surface area contributed by atoms with E-state index < -0.39 is 0 Å². The van der Waals surface area contributed by atoms with Crippen LogP contribution in [0.4, 0.5) is 0 Å². The van der Waals surface area contributed by atoms with Gasteiger partial charge in [-0.15, -0.1) is 0 Å². The van der Waals surface area contributed by atoms with E-state index in [-0.39, 0.29) is 0 Å². The molecule has 0 radical (unpaired) electrons. The van der Waals surface area contributed by atoms with Crippen molar-refractivity contribution < 1.29 is 5.21 Å². The maximum atomic E-state index is 9.06. The largest absolute Gasteiger partial charge is 0.411 e. The Morgan fingerprint density at radius 3 is 2.88 bits per heavy atom. The molecule has 1 aliphatic carbocycles.